The smallest absolute Gasteiger partial charge is 0.0578 e. The van der Waals surface area contributed by atoms with Crippen LogP contribution < -0.4 is 0 Å². The maximum Gasteiger partial charge on any atom is 0.0578 e. The van der Waals surface area contributed by atoms with Crippen LogP contribution in [0.5, 0.6) is 0 Å². The van der Waals surface area contributed by atoms with Crippen LogP contribution in [0.3, 0.4) is 0 Å². The topological polar surface area (TPSA) is 9.23 Å². The minimum Gasteiger partial charge on any atom is -0.378 e. The zero-order valence-corrected chi connectivity index (χ0v) is 18.4. The van der Waals surface area contributed by atoms with E-state index in [9.17, 15) is 0 Å². The van der Waals surface area contributed by atoms with Crippen molar-refractivity contribution in [3.05, 3.63) is 0 Å². The van der Waals surface area contributed by atoms with Crippen molar-refractivity contribution in [1.29, 1.82) is 0 Å². The highest BCUT2D eigenvalue weighted by Crippen LogP contribution is 2.35. The van der Waals surface area contributed by atoms with Crippen molar-refractivity contribution in [2.45, 2.75) is 79.2 Å². The zero-order chi connectivity index (χ0) is 17.3. The van der Waals surface area contributed by atoms with Gasteiger partial charge in [-0.1, -0.05) is 45.4 Å². The van der Waals surface area contributed by atoms with Crippen LogP contribution in [0.25, 0.3) is 0 Å². The molecule has 138 valence electrons. The van der Waals surface area contributed by atoms with Crippen LogP contribution in [0.4, 0.5) is 0 Å². The van der Waals surface area contributed by atoms with Crippen LogP contribution in [0.2, 0.25) is 0 Å². The van der Waals surface area contributed by atoms with E-state index in [1.54, 1.807) is 10.8 Å². The molecular weight excluding hydrogens is 340 g/mol. The molecule has 0 aliphatic heterocycles. The van der Waals surface area contributed by atoms with Crippen LogP contribution in [0, 0.1) is 23.2 Å². The van der Waals surface area contributed by atoms with Crippen molar-refractivity contribution in [3.8, 4) is 0 Å². The normalized spacial score (nSPS) is 23.6. The molecule has 0 radical (unpaired) electrons. The van der Waals surface area contributed by atoms with Gasteiger partial charge in [-0.25, -0.2) is 0 Å². The fraction of sp³-hybridized carbons (Fsp3) is 1.00. The Kier molecular flexibility index (Phi) is 11.1. The van der Waals surface area contributed by atoms with Gasteiger partial charge in [-0.2, -0.15) is 11.8 Å². The minimum atomic E-state index is 0.309. The second-order valence-electron chi connectivity index (χ2n) is 8.52. The Morgan fingerprint density at radius 2 is 1.96 bits per heavy atom. The highest BCUT2D eigenvalue weighted by atomic mass is 33.1. The summed E-state index contributed by atoms with van der Waals surface area (Å²) >= 11 is 6.18. The molecule has 4 heteroatoms. The van der Waals surface area contributed by atoms with E-state index in [1.165, 1.54) is 44.3 Å². The van der Waals surface area contributed by atoms with Crippen molar-refractivity contribution < 1.29 is 4.74 Å². The molecule has 1 fully saturated rings. The fourth-order valence-corrected chi connectivity index (χ4v) is 5.62. The van der Waals surface area contributed by atoms with E-state index >= 15 is 0 Å². The molecule has 0 N–H and O–H groups in total. The predicted octanol–water partition coefficient (Wildman–Crippen LogP) is 6.93. The van der Waals surface area contributed by atoms with Gasteiger partial charge in [0.05, 0.1) is 12.7 Å². The van der Waals surface area contributed by atoms with E-state index in [0.717, 1.165) is 29.4 Å². The lowest BCUT2D eigenvalue weighted by atomic mass is 9.82. The summed E-state index contributed by atoms with van der Waals surface area (Å²) in [6, 6.07) is 0. The van der Waals surface area contributed by atoms with E-state index in [-0.39, 0.29) is 0 Å². The first-order valence-electron chi connectivity index (χ1n) is 9.29. The lowest BCUT2D eigenvalue weighted by Crippen LogP contribution is -2.25. The largest absolute Gasteiger partial charge is 0.378 e. The molecule has 23 heavy (non-hydrogen) atoms. The van der Waals surface area contributed by atoms with Crippen LogP contribution >= 0.6 is 34.2 Å². The summed E-state index contributed by atoms with van der Waals surface area (Å²) in [4.78, 5) is 0. The molecule has 0 aromatic carbocycles. The maximum absolute atomic E-state index is 6.29. The average molecular weight is 379 g/mol. The quantitative estimate of drug-likeness (QED) is 0.171. The Morgan fingerprint density at radius 1 is 1.22 bits per heavy atom. The third-order valence-corrected chi connectivity index (χ3v) is 7.71. The van der Waals surface area contributed by atoms with E-state index in [4.69, 9.17) is 4.74 Å². The van der Waals surface area contributed by atoms with Crippen molar-refractivity contribution in [3.63, 3.8) is 0 Å². The van der Waals surface area contributed by atoms with Gasteiger partial charge >= 0.3 is 0 Å². The molecule has 3 atom stereocenters. The van der Waals surface area contributed by atoms with Crippen LogP contribution in [0.15, 0.2) is 0 Å². The lowest BCUT2D eigenvalue weighted by molar-refractivity contribution is -0.00422. The van der Waals surface area contributed by atoms with E-state index in [0.29, 0.717) is 11.5 Å². The van der Waals surface area contributed by atoms with Crippen molar-refractivity contribution >= 4 is 34.2 Å². The summed E-state index contributed by atoms with van der Waals surface area (Å²) in [5.41, 5.74) is 0.309. The summed E-state index contributed by atoms with van der Waals surface area (Å²) in [5.74, 6) is 3.77. The molecule has 0 spiro atoms. The van der Waals surface area contributed by atoms with E-state index in [2.05, 4.69) is 46.3 Å². The summed E-state index contributed by atoms with van der Waals surface area (Å²) < 4.78 is 6.29. The molecule has 1 aliphatic carbocycles. The molecule has 0 aromatic rings. The molecule has 0 bridgehead atoms. The maximum atomic E-state index is 6.29. The molecular formula is C19H38OS3. The minimum absolute atomic E-state index is 0.309. The first-order chi connectivity index (χ1) is 10.8. The third kappa shape index (κ3) is 9.91. The molecule has 0 heterocycles. The van der Waals surface area contributed by atoms with Crippen LogP contribution in [-0.2, 0) is 4.74 Å². The first-order valence-corrected chi connectivity index (χ1v) is 12.5. The second kappa shape index (κ2) is 11.6. The van der Waals surface area contributed by atoms with Crippen LogP contribution in [0.1, 0.15) is 73.1 Å². The van der Waals surface area contributed by atoms with Crippen molar-refractivity contribution in [1.82, 2.24) is 0 Å². The van der Waals surface area contributed by atoms with Gasteiger partial charge in [0, 0.05) is 5.08 Å². The summed E-state index contributed by atoms with van der Waals surface area (Å²) in [7, 11) is 1.63. The monoisotopic (exact) mass is 378 g/mol. The Hall–Kier alpha value is 1.01. The van der Waals surface area contributed by atoms with Gasteiger partial charge in [-0.15, -0.1) is 11.7 Å². The highest BCUT2D eigenvalue weighted by molar-refractivity contribution is 8.70. The third-order valence-electron chi connectivity index (χ3n) is 5.10. The fourth-order valence-electron chi connectivity index (χ4n) is 3.81. The Labute approximate surface area is 158 Å². The Balaban J connectivity index is 2.17. The van der Waals surface area contributed by atoms with Gasteiger partial charge in [-0.05, 0) is 67.4 Å². The summed E-state index contributed by atoms with van der Waals surface area (Å²) in [6.45, 7) is 12.8. The lowest BCUT2D eigenvalue weighted by Gasteiger charge is -2.29. The molecule has 1 rings (SSSR count). The number of ether oxygens (including phenoxy) is 1. The van der Waals surface area contributed by atoms with Crippen LogP contribution in [-0.4, -0.2) is 23.5 Å². The second-order valence-corrected chi connectivity index (χ2v) is 11.3. The molecule has 3 unspecified atom stereocenters. The van der Waals surface area contributed by atoms with Gasteiger partial charge in [-0.3, -0.25) is 0 Å². The Morgan fingerprint density at radius 3 is 2.57 bits per heavy atom. The van der Waals surface area contributed by atoms with Gasteiger partial charge in [0.2, 0.25) is 0 Å². The number of rotatable bonds is 12. The number of thiol groups is 1. The van der Waals surface area contributed by atoms with Gasteiger partial charge < -0.3 is 4.74 Å². The standard InChI is InChI=1S/C19H38OS3/c1-15(2)17-8-9-18(11-17)20-13-19(4,5)12-16(3)7-6-10-22-14-23-21/h15-18,21H,6-14H2,1-5H3. The molecule has 1 saturated carbocycles. The summed E-state index contributed by atoms with van der Waals surface area (Å²) in [5, 5.41) is 1.11. The van der Waals surface area contributed by atoms with Crippen molar-refractivity contribution in [2.24, 2.45) is 23.2 Å². The number of hydrogen-bond acceptors (Lipinski definition) is 4. The van der Waals surface area contributed by atoms with Gasteiger partial charge in [0.1, 0.15) is 0 Å². The van der Waals surface area contributed by atoms with Gasteiger partial charge in [0.15, 0.2) is 0 Å². The molecule has 1 nitrogen and oxygen atoms in total. The first kappa shape index (κ1) is 22.1. The zero-order valence-electron chi connectivity index (χ0n) is 15.8. The van der Waals surface area contributed by atoms with Gasteiger partial charge in [0.25, 0.3) is 0 Å². The SMILES string of the molecule is CC(CCCSCSS)CC(C)(C)COC1CCC(C(C)C)C1. The summed E-state index contributed by atoms with van der Waals surface area (Å²) in [6.07, 6.45) is 8.38. The molecule has 0 aromatic heterocycles. The number of thioether (sulfide) groups is 1. The molecule has 0 amide bonds. The average Bonchev–Trinajstić information content (AvgIpc) is 2.94. The van der Waals surface area contributed by atoms with E-state index in [1.807, 2.05) is 11.8 Å². The predicted molar refractivity (Wildman–Crippen MR) is 113 cm³/mol. The van der Waals surface area contributed by atoms with Crippen molar-refractivity contribution in [2.75, 3.05) is 17.4 Å². The molecule has 1 aliphatic rings. The highest BCUT2D eigenvalue weighted by Gasteiger charge is 2.29. The number of hydrogen-bond donors (Lipinski definition) is 1. The molecule has 0 saturated heterocycles. The Bertz CT molecular complexity index is 307. The van der Waals surface area contributed by atoms with E-state index < -0.39 is 0 Å².